The zero-order valence-corrected chi connectivity index (χ0v) is 17.8. The number of carbonyl (C=O) groups is 1. The highest BCUT2D eigenvalue weighted by molar-refractivity contribution is 5.79. The first-order valence-corrected chi connectivity index (χ1v) is 10.2. The van der Waals surface area contributed by atoms with Crippen LogP contribution in [0.25, 0.3) is 11.1 Å². The van der Waals surface area contributed by atoms with Crippen LogP contribution in [0.3, 0.4) is 0 Å². The van der Waals surface area contributed by atoms with Gasteiger partial charge in [-0.15, -0.1) is 0 Å². The second-order valence-electron chi connectivity index (χ2n) is 7.98. The fourth-order valence-electron chi connectivity index (χ4n) is 3.60. The van der Waals surface area contributed by atoms with Crippen LogP contribution >= 0.6 is 0 Å². The smallest absolute Gasteiger partial charge is 0.335 e. The van der Waals surface area contributed by atoms with Gasteiger partial charge in [-0.3, -0.25) is 0 Å². The van der Waals surface area contributed by atoms with E-state index in [9.17, 15) is 4.79 Å². The highest BCUT2D eigenvalue weighted by Gasteiger charge is 2.30. The van der Waals surface area contributed by atoms with E-state index in [-0.39, 0.29) is 11.9 Å². The highest BCUT2D eigenvalue weighted by atomic mass is 16.6. The standard InChI is InChI=1S/C26H30O3/c1-18(2)13-14-25(28-16-15-19(3)4)26(27)29-17-24-22-11-7-5-9-20(22)21-10-6-8-12-23(21)24/h5-13,15,24-25H,14,16-17H2,1-4H3. The van der Waals surface area contributed by atoms with E-state index in [0.717, 1.165) is 5.57 Å². The van der Waals surface area contributed by atoms with E-state index in [1.54, 1.807) is 0 Å². The largest absolute Gasteiger partial charge is 0.463 e. The molecule has 0 fully saturated rings. The van der Waals surface area contributed by atoms with E-state index in [2.05, 4.69) is 36.4 Å². The molecule has 0 heterocycles. The van der Waals surface area contributed by atoms with Crippen LogP contribution in [0, 0.1) is 0 Å². The fourth-order valence-corrected chi connectivity index (χ4v) is 3.60. The number of rotatable bonds is 8. The molecule has 1 aliphatic carbocycles. The molecular weight excluding hydrogens is 360 g/mol. The summed E-state index contributed by atoms with van der Waals surface area (Å²) in [5, 5.41) is 0. The van der Waals surface area contributed by atoms with Gasteiger partial charge in [0.2, 0.25) is 0 Å². The third kappa shape index (κ3) is 5.24. The van der Waals surface area contributed by atoms with Crippen LogP contribution in [-0.4, -0.2) is 25.3 Å². The molecule has 0 saturated heterocycles. The maximum absolute atomic E-state index is 12.8. The first-order valence-electron chi connectivity index (χ1n) is 10.2. The minimum absolute atomic E-state index is 0.0632. The lowest BCUT2D eigenvalue weighted by molar-refractivity contribution is -0.156. The summed E-state index contributed by atoms with van der Waals surface area (Å²) < 4.78 is 11.6. The van der Waals surface area contributed by atoms with Crippen LogP contribution in [0.2, 0.25) is 0 Å². The first-order chi connectivity index (χ1) is 14.0. The van der Waals surface area contributed by atoms with Gasteiger partial charge in [0.05, 0.1) is 6.61 Å². The molecular formula is C26H30O3. The van der Waals surface area contributed by atoms with Crippen molar-refractivity contribution in [3.05, 3.63) is 83.0 Å². The van der Waals surface area contributed by atoms with Gasteiger partial charge in [0.25, 0.3) is 0 Å². The van der Waals surface area contributed by atoms with Crippen LogP contribution in [0.5, 0.6) is 0 Å². The molecule has 3 rings (SSSR count). The maximum atomic E-state index is 12.8. The molecule has 0 aliphatic heterocycles. The summed E-state index contributed by atoms with van der Waals surface area (Å²) in [7, 11) is 0. The molecule has 152 valence electrons. The molecule has 3 heteroatoms. The Hall–Kier alpha value is -2.65. The summed E-state index contributed by atoms with van der Waals surface area (Å²) in [6.45, 7) is 8.80. The van der Waals surface area contributed by atoms with Crippen LogP contribution < -0.4 is 0 Å². The van der Waals surface area contributed by atoms with E-state index >= 15 is 0 Å². The minimum atomic E-state index is -0.590. The molecule has 0 saturated carbocycles. The van der Waals surface area contributed by atoms with Crippen LogP contribution in [0.1, 0.15) is 51.2 Å². The number of esters is 1. The Kier molecular flexibility index (Phi) is 7.05. The number of carbonyl (C=O) groups excluding carboxylic acids is 1. The van der Waals surface area contributed by atoms with E-state index in [1.807, 2.05) is 52.0 Å². The van der Waals surface area contributed by atoms with Gasteiger partial charge in [-0.05, 0) is 49.9 Å². The maximum Gasteiger partial charge on any atom is 0.335 e. The third-order valence-electron chi connectivity index (χ3n) is 5.15. The van der Waals surface area contributed by atoms with Crippen LogP contribution in [0.15, 0.2) is 71.8 Å². The number of hydrogen-bond acceptors (Lipinski definition) is 3. The van der Waals surface area contributed by atoms with Crippen molar-refractivity contribution in [1.29, 1.82) is 0 Å². The van der Waals surface area contributed by atoms with Gasteiger partial charge in [0, 0.05) is 12.3 Å². The van der Waals surface area contributed by atoms with Crippen molar-refractivity contribution in [1.82, 2.24) is 0 Å². The Morgan fingerprint density at radius 2 is 1.45 bits per heavy atom. The van der Waals surface area contributed by atoms with Crippen molar-refractivity contribution >= 4 is 5.97 Å². The zero-order valence-electron chi connectivity index (χ0n) is 17.8. The van der Waals surface area contributed by atoms with Crippen molar-refractivity contribution in [2.24, 2.45) is 0 Å². The quantitative estimate of drug-likeness (QED) is 0.406. The molecule has 1 unspecified atom stereocenters. The fraction of sp³-hybridized carbons (Fsp3) is 0.346. The van der Waals surface area contributed by atoms with Gasteiger partial charge < -0.3 is 9.47 Å². The molecule has 0 aromatic heterocycles. The number of ether oxygens (including phenoxy) is 2. The topological polar surface area (TPSA) is 35.5 Å². The SMILES string of the molecule is CC(C)=CCOC(CC=C(C)C)C(=O)OCC1c2ccccc2-c2ccccc21. The summed E-state index contributed by atoms with van der Waals surface area (Å²) in [6.07, 6.45) is 3.93. The number of fused-ring (bicyclic) bond motifs is 3. The molecule has 0 N–H and O–H groups in total. The number of hydrogen-bond donors (Lipinski definition) is 0. The molecule has 1 atom stereocenters. The average molecular weight is 391 g/mol. The van der Waals surface area contributed by atoms with E-state index in [1.165, 1.54) is 27.8 Å². The predicted molar refractivity (Wildman–Crippen MR) is 118 cm³/mol. The Morgan fingerprint density at radius 1 is 0.897 bits per heavy atom. The molecule has 0 bridgehead atoms. The lowest BCUT2D eigenvalue weighted by Gasteiger charge is -2.18. The Labute approximate surface area is 174 Å². The second kappa shape index (κ2) is 9.71. The van der Waals surface area contributed by atoms with E-state index in [0.29, 0.717) is 19.6 Å². The number of allylic oxidation sites excluding steroid dienone is 2. The third-order valence-corrected chi connectivity index (χ3v) is 5.15. The van der Waals surface area contributed by atoms with Gasteiger partial charge >= 0.3 is 5.97 Å². The summed E-state index contributed by atoms with van der Waals surface area (Å²) in [4.78, 5) is 12.8. The van der Waals surface area contributed by atoms with Crippen LogP contribution in [-0.2, 0) is 14.3 Å². The van der Waals surface area contributed by atoms with E-state index in [4.69, 9.17) is 9.47 Å². The summed E-state index contributed by atoms with van der Waals surface area (Å²) >= 11 is 0. The highest BCUT2D eigenvalue weighted by Crippen LogP contribution is 2.44. The van der Waals surface area contributed by atoms with E-state index < -0.39 is 6.10 Å². The summed E-state index contributed by atoms with van der Waals surface area (Å²) in [6, 6.07) is 16.7. The number of benzene rings is 2. The zero-order chi connectivity index (χ0) is 20.8. The predicted octanol–water partition coefficient (Wildman–Crippen LogP) is 6.05. The van der Waals surface area contributed by atoms with Crippen molar-refractivity contribution in [2.75, 3.05) is 13.2 Å². The average Bonchev–Trinajstić information content (AvgIpc) is 3.02. The molecule has 2 aromatic carbocycles. The lowest BCUT2D eigenvalue weighted by atomic mass is 9.98. The summed E-state index contributed by atoms with van der Waals surface area (Å²) in [5.41, 5.74) is 7.21. The van der Waals surface area contributed by atoms with Crippen molar-refractivity contribution < 1.29 is 14.3 Å². The molecule has 2 aromatic rings. The molecule has 0 radical (unpaired) electrons. The van der Waals surface area contributed by atoms with Crippen LogP contribution in [0.4, 0.5) is 0 Å². The van der Waals surface area contributed by atoms with Crippen molar-refractivity contribution in [3.63, 3.8) is 0 Å². The second-order valence-corrected chi connectivity index (χ2v) is 7.98. The van der Waals surface area contributed by atoms with Gasteiger partial charge in [0.15, 0.2) is 6.10 Å². The molecule has 1 aliphatic rings. The molecule has 3 nitrogen and oxygen atoms in total. The normalized spacial score (nSPS) is 13.2. The van der Waals surface area contributed by atoms with Crippen molar-refractivity contribution in [2.45, 2.75) is 46.1 Å². The molecule has 0 spiro atoms. The summed E-state index contributed by atoms with van der Waals surface area (Å²) in [5.74, 6) is -0.236. The molecule has 0 amide bonds. The molecule has 29 heavy (non-hydrogen) atoms. The lowest BCUT2D eigenvalue weighted by Crippen LogP contribution is -2.28. The first kappa shape index (κ1) is 21.1. The van der Waals surface area contributed by atoms with Crippen molar-refractivity contribution in [3.8, 4) is 11.1 Å². The monoisotopic (exact) mass is 390 g/mol. The Morgan fingerprint density at radius 3 is 2.00 bits per heavy atom. The van der Waals surface area contributed by atoms with Gasteiger partial charge in [0.1, 0.15) is 6.61 Å². The van der Waals surface area contributed by atoms with Gasteiger partial charge in [-0.2, -0.15) is 0 Å². The Balaban J connectivity index is 1.72. The minimum Gasteiger partial charge on any atom is -0.463 e. The van der Waals surface area contributed by atoms with Gasteiger partial charge in [-0.25, -0.2) is 4.79 Å². The Bertz CT molecular complexity index is 870. The van der Waals surface area contributed by atoms with Gasteiger partial charge in [-0.1, -0.05) is 71.8 Å².